The zero-order valence-corrected chi connectivity index (χ0v) is 10.0. The normalized spacial score (nSPS) is 14.8. The summed E-state index contributed by atoms with van der Waals surface area (Å²) in [5.41, 5.74) is 7.13. The highest BCUT2D eigenvalue weighted by molar-refractivity contribution is 6.00. The Hall–Kier alpha value is -2.20. The van der Waals surface area contributed by atoms with E-state index in [0.29, 0.717) is 5.56 Å². The van der Waals surface area contributed by atoms with Crippen LogP contribution in [0.25, 0.3) is 0 Å². The van der Waals surface area contributed by atoms with Crippen molar-refractivity contribution in [3.05, 3.63) is 59.7 Å². The lowest BCUT2D eigenvalue weighted by molar-refractivity contribution is -0.110. The third-order valence-electron chi connectivity index (χ3n) is 2.60. The van der Waals surface area contributed by atoms with Crippen LogP contribution < -0.4 is 10.9 Å². The fourth-order valence-electron chi connectivity index (χ4n) is 1.54. The number of hydrazine groups is 1. The minimum Gasteiger partial charge on any atom is -0.290 e. The highest BCUT2D eigenvalue weighted by atomic mass is 16.2. The molecule has 1 amide bonds. The first kappa shape index (κ1) is 12.3. The molecule has 4 nitrogen and oxygen atoms in total. The number of carbonyl (C=O) groups excluding carboxylic acids is 2. The molecule has 2 rings (SSSR count). The topological polar surface area (TPSA) is 58.2 Å². The molecule has 0 aromatic heterocycles. The molecule has 92 valence electrons. The standard InChI is InChI=1S/C14H14N2O2/c1-10-2-4-11(5-3-10)14(18)16-15-12-6-8-13(17)9-7-12/h2-9,12,15H,1H3,(H,16,18). The quantitative estimate of drug-likeness (QED) is 0.785. The average molecular weight is 242 g/mol. The van der Waals surface area contributed by atoms with Crippen molar-refractivity contribution in [2.45, 2.75) is 13.0 Å². The Morgan fingerprint density at radius 1 is 1.11 bits per heavy atom. The van der Waals surface area contributed by atoms with Crippen LogP contribution in [0.5, 0.6) is 0 Å². The summed E-state index contributed by atoms with van der Waals surface area (Å²) in [4.78, 5) is 22.7. The van der Waals surface area contributed by atoms with Crippen molar-refractivity contribution in [1.29, 1.82) is 0 Å². The minimum atomic E-state index is -0.200. The fourth-order valence-corrected chi connectivity index (χ4v) is 1.54. The van der Waals surface area contributed by atoms with Gasteiger partial charge in [-0.15, -0.1) is 0 Å². The third-order valence-corrected chi connectivity index (χ3v) is 2.60. The molecule has 0 bridgehead atoms. The summed E-state index contributed by atoms with van der Waals surface area (Å²) in [6.07, 6.45) is 6.32. The summed E-state index contributed by atoms with van der Waals surface area (Å²) >= 11 is 0. The Morgan fingerprint density at radius 3 is 2.33 bits per heavy atom. The van der Waals surface area contributed by atoms with Crippen LogP contribution in [0.1, 0.15) is 15.9 Å². The summed E-state index contributed by atoms with van der Waals surface area (Å²) in [5.74, 6) is -0.244. The molecule has 0 unspecified atom stereocenters. The summed E-state index contributed by atoms with van der Waals surface area (Å²) < 4.78 is 0. The number of allylic oxidation sites excluding steroid dienone is 2. The van der Waals surface area contributed by atoms with Gasteiger partial charge in [0.2, 0.25) is 0 Å². The Kier molecular flexibility index (Phi) is 3.69. The highest BCUT2D eigenvalue weighted by Crippen LogP contribution is 2.03. The van der Waals surface area contributed by atoms with E-state index in [4.69, 9.17) is 0 Å². The molecule has 0 saturated heterocycles. The van der Waals surface area contributed by atoms with Gasteiger partial charge in [0.1, 0.15) is 0 Å². The Bertz CT molecular complexity index is 499. The molecule has 0 spiro atoms. The lowest BCUT2D eigenvalue weighted by Crippen LogP contribution is -2.43. The molecule has 1 aliphatic carbocycles. The van der Waals surface area contributed by atoms with E-state index < -0.39 is 0 Å². The number of rotatable bonds is 3. The van der Waals surface area contributed by atoms with E-state index in [2.05, 4.69) is 10.9 Å². The van der Waals surface area contributed by atoms with Crippen LogP contribution in [0.3, 0.4) is 0 Å². The lowest BCUT2D eigenvalue weighted by Gasteiger charge is -2.13. The van der Waals surface area contributed by atoms with Crippen LogP contribution in [-0.4, -0.2) is 17.7 Å². The van der Waals surface area contributed by atoms with Crippen molar-refractivity contribution in [3.8, 4) is 0 Å². The fraction of sp³-hybridized carbons (Fsp3) is 0.143. The first-order valence-electron chi connectivity index (χ1n) is 5.68. The maximum Gasteiger partial charge on any atom is 0.265 e. The summed E-state index contributed by atoms with van der Waals surface area (Å²) in [6.45, 7) is 1.97. The molecule has 18 heavy (non-hydrogen) atoms. The lowest BCUT2D eigenvalue weighted by atomic mass is 10.1. The monoisotopic (exact) mass is 242 g/mol. The predicted octanol–water partition coefficient (Wildman–Crippen LogP) is 1.29. The molecular weight excluding hydrogens is 228 g/mol. The van der Waals surface area contributed by atoms with E-state index >= 15 is 0 Å². The van der Waals surface area contributed by atoms with E-state index in [-0.39, 0.29) is 17.7 Å². The molecule has 0 heterocycles. The van der Waals surface area contributed by atoms with Crippen molar-refractivity contribution >= 4 is 11.7 Å². The first-order valence-corrected chi connectivity index (χ1v) is 5.68. The molecule has 1 aromatic carbocycles. The van der Waals surface area contributed by atoms with Gasteiger partial charge in [0.25, 0.3) is 5.91 Å². The smallest absolute Gasteiger partial charge is 0.265 e. The number of aryl methyl sites for hydroxylation is 1. The molecule has 4 heteroatoms. The number of hydrogen-bond acceptors (Lipinski definition) is 3. The van der Waals surface area contributed by atoms with Gasteiger partial charge < -0.3 is 0 Å². The molecule has 1 aliphatic rings. The Morgan fingerprint density at radius 2 is 1.72 bits per heavy atom. The SMILES string of the molecule is Cc1ccc(C(=O)NNC2C=CC(=O)C=C2)cc1. The maximum atomic E-state index is 11.8. The van der Waals surface area contributed by atoms with Crippen LogP contribution in [0.15, 0.2) is 48.6 Å². The second-order valence-corrected chi connectivity index (χ2v) is 4.11. The van der Waals surface area contributed by atoms with E-state index in [1.54, 1.807) is 24.3 Å². The zero-order chi connectivity index (χ0) is 13.0. The van der Waals surface area contributed by atoms with Gasteiger partial charge in [-0.1, -0.05) is 29.8 Å². The van der Waals surface area contributed by atoms with Gasteiger partial charge in [0.05, 0.1) is 6.04 Å². The average Bonchev–Trinajstić information content (AvgIpc) is 2.38. The molecule has 0 atom stereocenters. The molecule has 1 aromatic rings. The van der Waals surface area contributed by atoms with Crippen LogP contribution in [-0.2, 0) is 4.79 Å². The number of hydrogen-bond donors (Lipinski definition) is 2. The Balaban J connectivity index is 1.89. The summed E-state index contributed by atoms with van der Waals surface area (Å²) in [5, 5.41) is 0. The maximum absolute atomic E-state index is 11.8. The minimum absolute atomic E-state index is 0.0436. The van der Waals surface area contributed by atoms with Crippen molar-refractivity contribution in [3.63, 3.8) is 0 Å². The second kappa shape index (κ2) is 5.42. The van der Waals surface area contributed by atoms with Crippen LogP contribution in [0, 0.1) is 6.92 Å². The predicted molar refractivity (Wildman–Crippen MR) is 68.9 cm³/mol. The number of amides is 1. The molecule has 0 saturated carbocycles. The van der Waals surface area contributed by atoms with E-state index in [9.17, 15) is 9.59 Å². The second-order valence-electron chi connectivity index (χ2n) is 4.11. The van der Waals surface area contributed by atoms with Gasteiger partial charge in [-0.3, -0.25) is 15.0 Å². The number of ketones is 1. The highest BCUT2D eigenvalue weighted by Gasteiger charge is 2.08. The van der Waals surface area contributed by atoms with Crippen molar-refractivity contribution in [2.24, 2.45) is 0 Å². The van der Waals surface area contributed by atoms with Crippen molar-refractivity contribution in [1.82, 2.24) is 10.9 Å². The van der Waals surface area contributed by atoms with E-state index in [1.165, 1.54) is 12.2 Å². The van der Waals surface area contributed by atoms with Gasteiger partial charge in [-0.2, -0.15) is 0 Å². The molecule has 0 radical (unpaired) electrons. The molecular formula is C14H14N2O2. The largest absolute Gasteiger partial charge is 0.290 e. The third kappa shape index (κ3) is 3.15. The van der Waals surface area contributed by atoms with Gasteiger partial charge in [0.15, 0.2) is 5.78 Å². The van der Waals surface area contributed by atoms with Crippen LogP contribution in [0.2, 0.25) is 0 Å². The van der Waals surface area contributed by atoms with Gasteiger partial charge >= 0.3 is 0 Å². The van der Waals surface area contributed by atoms with Gasteiger partial charge in [-0.25, -0.2) is 5.43 Å². The van der Waals surface area contributed by atoms with Crippen molar-refractivity contribution < 1.29 is 9.59 Å². The van der Waals surface area contributed by atoms with Gasteiger partial charge in [-0.05, 0) is 31.2 Å². The first-order chi connectivity index (χ1) is 8.65. The van der Waals surface area contributed by atoms with Gasteiger partial charge in [0, 0.05) is 5.56 Å². The molecule has 0 aliphatic heterocycles. The van der Waals surface area contributed by atoms with E-state index in [1.807, 2.05) is 19.1 Å². The van der Waals surface area contributed by atoms with Crippen LogP contribution in [0.4, 0.5) is 0 Å². The zero-order valence-electron chi connectivity index (χ0n) is 10.0. The van der Waals surface area contributed by atoms with Crippen molar-refractivity contribution in [2.75, 3.05) is 0 Å². The number of carbonyl (C=O) groups is 2. The van der Waals surface area contributed by atoms with Crippen LogP contribution >= 0.6 is 0 Å². The Labute approximate surface area is 105 Å². The summed E-state index contributed by atoms with van der Waals surface area (Å²) in [7, 11) is 0. The summed E-state index contributed by atoms with van der Waals surface area (Å²) in [6, 6.07) is 7.14. The molecule has 0 fully saturated rings. The number of nitrogens with one attached hydrogen (secondary N) is 2. The molecule has 2 N–H and O–H groups in total. The van der Waals surface area contributed by atoms with E-state index in [0.717, 1.165) is 5.56 Å². The number of benzene rings is 1.